The van der Waals surface area contributed by atoms with Crippen molar-refractivity contribution in [3.05, 3.63) is 51.5 Å². The molecule has 0 spiro atoms. The third-order valence-electron chi connectivity index (χ3n) is 4.52. The number of hydrogen-bond donors (Lipinski definition) is 1. The normalized spacial score (nSPS) is 11.6. The number of sulfonamides is 1. The van der Waals surface area contributed by atoms with Gasteiger partial charge < -0.3 is 10.1 Å². The van der Waals surface area contributed by atoms with Gasteiger partial charge in [-0.3, -0.25) is 4.79 Å². The Hall–Kier alpha value is -1.90. The van der Waals surface area contributed by atoms with Crippen molar-refractivity contribution in [2.45, 2.75) is 39.5 Å². The summed E-state index contributed by atoms with van der Waals surface area (Å²) in [4.78, 5) is 12.7. The number of nitrogens with zero attached hydrogens (tertiary/aromatic N) is 1. The van der Waals surface area contributed by atoms with Crippen LogP contribution in [0.5, 0.6) is 5.75 Å². The van der Waals surface area contributed by atoms with E-state index in [4.69, 9.17) is 4.74 Å². The number of anilines is 1. The maximum absolute atomic E-state index is 13.1. The first-order valence-corrected chi connectivity index (χ1v) is 11.6. The van der Waals surface area contributed by atoms with Gasteiger partial charge in [0, 0.05) is 16.7 Å². The first kappa shape index (κ1) is 23.4. The highest BCUT2D eigenvalue weighted by Crippen LogP contribution is 2.26. The average Bonchev–Trinajstić information content (AvgIpc) is 2.64. The van der Waals surface area contributed by atoms with Gasteiger partial charge in [-0.15, -0.1) is 0 Å². The van der Waals surface area contributed by atoms with Crippen molar-refractivity contribution in [1.82, 2.24) is 4.31 Å². The fourth-order valence-electron chi connectivity index (χ4n) is 3.06. The van der Waals surface area contributed by atoms with E-state index in [0.717, 1.165) is 21.2 Å². The summed E-state index contributed by atoms with van der Waals surface area (Å²) in [6.45, 7) is 9.59. The average molecular weight is 483 g/mol. The molecule has 0 heterocycles. The van der Waals surface area contributed by atoms with E-state index in [-0.39, 0.29) is 23.9 Å². The molecule has 0 fully saturated rings. The zero-order valence-corrected chi connectivity index (χ0v) is 19.8. The lowest BCUT2D eigenvalue weighted by Gasteiger charge is -2.21. The van der Waals surface area contributed by atoms with Crippen LogP contribution in [0.3, 0.4) is 0 Å². The number of amides is 1. The molecule has 0 saturated heterocycles. The number of hydrogen-bond acceptors (Lipinski definition) is 4. The van der Waals surface area contributed by atoms with E-state index >= 15 is 0 Å². The van der Waals surface area contributed by atoms with Crippen LogP contribution in [0.15, 0.2) is 39.7 Å². The summed E-state index contributed by atoms with van der Waals surface area (Å²) in [7, 11) is -3.81. The fourth-order valence-corrected chi connectivity index (χ4v) is 5.24. The second-order valence-corrected chi connectivity index (χ2v) is 9.61. The fraction of sp³-hybridized carbons (Fsp3) is 0.381. The number of likely N-dealkylation sites (N-methyl/N-ethyl adjacent to an activating group) is 1. The number of ether oxygens (including phenoxy) is 1. The Labute approximate surface area is 181 Å². The molecule has 6 nitrogen and oxygen atoms in total. The minimum atomic E-state index is -3.81. The molecule has 1 N–H and O–H groups in total. The van der Waals surface area contributed by atoms with Gasteiger partial charge in [0.15, 0.2) is 0 Å². The zero-order valence-electron chi connectivity index (χ0n) is 17.4. The van der Waals surface area contributed by atoms with E-state index in [1.807, 2.05) is 32.9 Å². The summed E-state index contributed by atoms with van der Waals surface area (Å²) in [5, 5.41) is 2.85. The number of carbonyl (C=O) groups is 1. The van der Waals surface area contributed by atoms with Crippen molar-refractivity contribution < 1.29 is 17.9 Å². The lowest BCUT2D eigenvalue weighted by Crippen LogP contribution is -2.38. The van der Waals surface area contributed by atoms with E-state index in [1.54, 1.807) is 26.0 Å². The summed E-state index contributed by atoms with van der Waals surface area (Å²) in [6.07, 6.45) is 0. The topological polar surface area (TPSA) is 75.7 Å². The van der Waals surface area contributed by atoms with E-state index in [2.05, 4.69) is 21.2 Å². The molecule has 2 aromatic carbocycles. The Morgan fingerprint density at radius 3 is 2.21 bits per heavy atom. The van der Waals surface area contributed by atoms with Gasteiger partial charge in [0.2, 0.25) is 15.9 Å². The molecular formula is C21H27BrN2O4S. The van der Waals surface area contributed by atoms with Crippen LogP contribution in [0.4, 0.5) is 5.69 Å². The van der Waals surface area contributed by atoms with Crippen molar-refractivity contribution in [1.29, 1.82) is 0 Å². The summed E-state index contributed by atoms with van der Waals surface area (Å²) in [6, 6.07) is 8.54. The standard InChI is InChI=1S/C21H27BrN2O4S/c1-6-24(13-20(25)23-21-15(4)10-17(22)11-16(21)5)29(26,27)18-8-9-19(28-7-2)14(3)12-18/h8-12H,6-7,13H2,1-5H3,(H,23,25). The molecular weight excluding hydrogens is 456 g/mol. The third-order valence-corrected chi connectivity index (χ3v) is 6.89. The third kappa shape index (κ3) is 5.58. The Morgan fingerprint density at radius 1 is 1.07 bits per heavy atom. The number of aryl methyl sites for hydroxylation is 3. The Balaban J connectivity index is 2.22. The van der Waals surface area contributed by atoms with Crippen LogP contribution in [0.1, 0.15) is 30.5 Å². The van der Waals surface area contributed by atoms with Crippen molar-refractivity contribution in [3.63, 3.8) is 0 Å². The van der Waals surface area contributed by atoms with Gasteiger partial charge in [0.05, 0.1) is 18.0 Å². The predicted molar refractivity (Wildman–Crippen MR) is 119 cm³/mol. The molecule has 0 aliphatic heterocycles. The monoisotopic (exact) mass is 482 g/mol. The minimum absolute atomic E-state index is 0.143. The quantitative estimate of drug-likeness (QED) is 0.603. The van der Waals surface area contributed by atoms with Gasteiger partial charge in [-0.2, -0.15) is 4.31 Å². The van der Waals surface area contributed by atoms with Crippen molar-refractivity contribution in [2.24, 2.45) is 0 Å². The zero-order chi connectivity index (χ0) is 21.8. The van der Waals surface area contributed by atoms with Crippen molar-refractivity contribution >= 4 is 37.5 Å². The second kappa shape index (κ2) is 9.73. The number of benzene rings is 2. The maximum Gasteiger partial charge on any atom is 0.243 e. The highest BCUT2D eigenvalue weighted by atomic mass is 79.9. The van der Waals surface area contributed by atoms with Crippen LogP contribution in [-0.2, 0) is 14.8 Å². The highest BCUT2D eigenvalue weighted by Gasteiger charge is 2.26. The maximum atomic E-state index is 13.1. The van der Waals surface area contributed by atoms with E-state index in [9.17, 15) is 13.2 Å². The molecule has 0 atom stereocenters. The van der Waals surface area contributed by atoms with Crippen LogP contribution < -0.4 is 10.1 Å². The van der Waals surface area contributed by atoms with E-state index in [0.29, 0.717) is 18.0 Å². The van der Waals surface area contributed by atoms with Gasteiger partial charge >= 0.3 is 0 Å². The van der Waals surface area contributed by atoms with Crippen molar-refractivity contribution in [3.8, 4) is 5.75 Å². The molecule has 158 valence electrons. The molecule has 0 saturated carbocycles. The first-order chi connectivity index (χ1) is 13.6. The van der Waals surface area contributed by atoms with Gasteiger partial charge in [0.1, 0.15) is 5.75 Å². The second-order valence-electron chi connectivity index (χ2n) is 6.75. The minimum Gasteiger partial charge on any atom is -0.494 e. The van der Waals surface area contributed by atoms with Gasteiger partial charge in [-0.1, -0.05) is 22.9 Å². The smallest absolute Gasteiger partial charge is 0.243 e. The molecule has 2 aromatic rings. The van der Waals surface area contributed by atoms with E-state index in [1.165, 1.54) is 10.4 Å². The predicted octanol–water partition coefficient (Wildman–Crippen LogP) is 4.42. The number of nitrogens with one attached hydrogen (secondary N) is 1. The Bertz CT molecular complexity index is 983. The van der Waals surface area contributed by atoms with Crippen LogP contribution in [0.2, 0.25) is 0 Å². The molecule has 0 aromatic heterocycles. The number of halogens is 1. The molecule has 0 aliphatic rings. The molecule has 1 amide bonds. The summed E-state index contributed by atoms with van der Waals surface area (Å²) < 4.78 is 33.7. The van der Waals surface area contributed by atoms with Crippen LogP contribution >= 0.6 is 15.9 Å². The largest absolute Gasteiger partial charge is 0.494 e. The molecule has 8 heteroatoms. The molecule has 0 aliphatic carbocycles. The molecule has 29 heavy (non-hydrogen) atoms. The van der Waals surface area contributed by atoms with Gasteiger partial charge in [-0.05, 0) is 74.7 Å². The van der Waals surface area contributed by atoms with Gasteiger partial charge in [0.25, 0.3) is 0 Å². The highest BCUT2D eigenvalue weighted by molar-refractivity contribution is 9.10. The lowest BCUT2D eigenvalue weighted by atomic mass is 10.1. The lowest BCUT2D eigenvalue weighted by molar-refractivity contribution is -0.116. The summed E-state index contributed by atoms with van der Waals surface area (Å²) >= 11 is 3.43. The number of carbonyl (C=O) groups excluding carboxylic acids is 1. The summed E-state index contributed by atoms with van der Waals surface area (Å²) in [5.74, 6) is 0.264. The van der Waals surface area contributed by atoms with E-state index < -0.39 is 10.0 Å². The molecule has 0 unspecified atom stereocenters. The Kier molecular flexibility index (Phi) is 7.85. The molecule has 2 rings (SSSR count). The Morgan fingerprint density at radius 2 is 1.69 bits per heavy atom. The van der Waals surface area contributed by atoms with Crippen LogP contribution in [-0.4, -0.2) is 38.3 Å². The van der Waals surface area contributed by atoms with Crippen molar-refractivity contribution in [2.75, 3.05) is 25.0 Å². The number of rotatable bonds is 8. The first-order valence-electron chi connectivity index (χ1n) is 9.40. The summed E-state index contributed by atoms with van der Waals surface area (Å²) in [5.41, 5.74) is 3.23. The SMILES string of the molecule is CCOc1ccc(S(=O)(=O)N(CC)CC(=O)Nc2c(C)cc(Br)cc2C)cc1C. The molecule has 0 bridgehead atoms. The van der Waals surface area contributed by atoms with Crippen LogP contribution in [0.25, 0.3) is 0 Å². The van der Waals surface area contributed by atoms with Gasteiger partial charge in [-0.25, -0.2) is 8.42 Å². The molecule has 0 radical (unpaired) electrons. The van der Waals surface area contributed by atoms with Crippen LogP contribution in [0, 0.1) is 20.8 Å².